The number of nitrogens with zero attached hydrogens (tertiary/aromatic N) is 1. The van der Waals surface area contributed by atoms with E-state index in [1.165, 1.54) is 0 Å². The lowest BCUT2D eigenvalue weighted by Crippen LogP contribution is -2.51. The van der Waals surface area contributed by atoms with E-state index in [1.54, 1.807) is 0 Å². The monoisotopic (exact) mass is 287 g/mol. The first kappa shape index (κ1) is 14.0. The molecule has 2 N–H and O–H groups in total. The van der Waals surface area contributed by atoms with Crippen molar-refractivity contribution in [2.45, 2.75) is 69.0 Å². The largest absolute Gasteiger partial charge is 0.335 e. The number of carbonyl (C=O) groups excluding carboxylic acids is 1. The van der Waals surface area contributed by atoms with E-state index in [-0.39, 0.29) is 31.0 Å². The van der Waals surface area contributed by atoms with Gasteiger partial charge in [0.1, 0.15) is 0 Å². The highest BCUT2D eigenvalue weighted by molar-refractivity contribution is 5.75. The molecule has 2 heterocycles. The van der Waals surface area contributed by atoms with Gasteiger partial charge in [0.2, 0.25) is 5.92 Å². The Bertz CT molecular complexity index is 353. The van der Waals surface area contributed by atoms with Gasteiger partial charge in [0.25, 0.3) is 0 Å². The van der Waals surface area contributed by atoms with Gasteiger partial charge in [-0.1, -0.05) is 0 Å². The molecule has 2 unspecified atom stereocenters. The van der Waals surface area contributed by atoms with Crippen LogP contribution in [0, 0.1) is 0 Å². The van der Waals surface area contributed by atoms with E-state index in [0.717, 1.165) is 32.4 Å². The van der Waals surface area contributed by atoms with Crippen molar-refractivity contribution in [1.29, 1.82) is 0 Å². The first-order chi connectivity index (χ1) is 9.55. The summed E-state index contributed by atoms with van der Waals surface area (Å²) < 4.78 is 26.3. The Labute approximate surface area is 118 Å². The Hall–Kier alpha value is -0.910. The molecule has 114 valence electrons. The summed E-state index contributed by atoms with van der Waals surface area (Å²) in [5.41, 5.74) is 0. The second-order valence-corrected chi connectivity index (χ2v) is 6.36. The quantitative estimate of drug-likeness (QED) is 0.776. The van der Waals surface area contributed by atoms with Crippen molar-refractivity contribution in [3.63, 3.8) is 0 Å². The predicted molar refractivity (Wildman–Crippen MR) is 71.9 cm³/mol. The fourth-order valence-electron chi connectivity index (χ4n) is 3.75. The lowest BCUT2D eigenvalue weighted by atomic mass is 9.92. The van der Waals surface area contributed by atoms with Crippen LogP contribution < -0.4 is 10.6 Å². The second-order valence-electron chi connectivity index (χ2n) is 6.36. The van der Waals surface area contributed by atoms with E-state index in [0.29, 0.717) is 18.9 Å². The Morgan fingerprint density at radius 1 is 1.10 bits per heavy atom. The molecule has 0 radical (unpaired) electrons. The van der Waals surface area contributed by atoms with Crippen LogP contribution in [0.4, 0.5) is 13.6 Å². The van der Waals surface area contributed by atoms with Gasteiger partial charge < -0.3 is 15.5 Å². The third-order valence-corrected chi connectivity index (χ3v) is 4.93. The zero-order chi connectivity index (χ0) is 14.2. The Morgan fingerprint density at radius 2 is 1.80 bits per heavy atom. The number of rotatable bonds is 1. The topological polar surface area (TPSA) is 44.4 Å². The van der Waals surface area contributed by atoms with Gasteiger partial charge in [0.15, 0.2) is 0 Å². The number of fused-ring (bicyclic) bond motifs is 2. The average molecular weight is 287 g/mol. The summed E-state index contributed by atoms with van der Waals surface area (Å²) in [5.74, 6) is -2.53. The maximum absolute atomic E-state index is 13.1. The highest BCUT2D eigenvalue weighted by Gasteiger charge is 2.40. The van der Waals surface area contributed by atoms with Crippen LogP contribution in [0.15, 0.2) is 0 Å². The molecule has 4 nitrogen and oxygen atoms in total. The maximum Gasteiger partial charge on any atom is 0.318 e. The zero-order valence-electron chi connectivity index (χ0n) is 11.7. The van der Waals surface area contributed by atoms with Crippen molar-refractivity contribution in [2.24, 2.45) is 0 Å². The summed E-state index contributed by atoms with van der Waals surface area (Å²) in [6, 6.07) is 0.460. The molecule has 20 heavy (non-hydrogen) atoms. The van der Waals surface area contributed by atoms with Crippen LogP contribution in [-0.4, -0.2) is 48.1 Å². The van der Waals surface area contributed by atoms with Gasteiger partial charge in [-0.25, -0.2) is 13.6 Å². The Kier molecular flexibility index (Phi) is 3.84. The number of urea groups is 1. The van der Waals surface area contributed by atoms with E-state index < -0.39 is 5.92 Å². The second kappa shape index (κ2) is 5.47. The van der Waals surface area contributed by atoms with Crippen LogP contribution >= 0.6 is 0 Å². The number of amides is 2. The van der Waals surface area contributed by atoms with Crippen LogP contribution in [0.3, 0.4) is 0 Å². The van der Waals surface area contributed by atoms with Gasteiger partial charge in [-0.05, 0) is 38.6 Å². The molecule has 0 spiro atoms. The minimum absolute atomic E-state index is 0.0450. The molecule has 6 heteroatoms. The van der Waals surface area contributed by atoms with Crippen molar-refractivity contribution in [3.05, 3.63) is 0 Å². The number of carbonyl (C=O) groups is 1. The molecule has 2 amide bonds. The highest BCUT2D eigenvalue weighted by atomic mass is 19.3. The minimum Gasteiger partial charge on any atom is -0.335 e. The lowest BCUT2D eigenvalue weighted by Gasteiger charge is -2.33. The Balaban J connectivity index is 1.57. The number of halogens is 2. The van der Waals surface area contributed by atoms with Crippen molar-refractivity contribution in [3.8, 4) is 0 Å². The van der Waals surface area contributed by atoms with Crippen molar-refractivity contribution >= 4 is 6.03 Å². The van der Waals surface area contributed by atoms with Crippen LogP contribution in [0.5, 0.6) is 0 Å². The molecular weight excluding hydrogens is 264 g/mol. The molecule has 2 bridgehead atoms. The van der Waals surface area contributed by atoms with Crippen LogP contribution in [0.2, 0.25) is 0 Å². The fraction of sp³-hybridized carbons (Fsp3) is 0.929. The highest BCUT2D eigenvalue weighted by Crippen LogP contribution is 2.33. The summed E-state index contributed by atoms with van der Waals surface area (Å²) in [7, 11) is 0. The van der Waals surface area contributed by atoms with Crippen LogP contribution in [-0.2, 0) is 0 Å². The SMILES string of the molecule is O=C(NC1CCC(F)(F)CC1)N1C2CCNCC1CC2. The smallest absolute Gasteiger partial charge is 0.318 e. The molecule has 0 aromatic carbocycles. The first-order valence-corrected chi connectivity index (χ1v) is 7.72. The summed E-state index contributed by atoms with van der Waals surface area (Å²) >= 11 is 0. The Morgan fingerprint density at radius 3 is 2.55 bits per heavy atom. The van der Waals surface area contributed by atoms with E-state index >= 15 is 0 Å². The van der Waals surface area contributed by atoms with Gasteiger partial charge in [-0.2, -0.15) is 0 Å². The van der Waals surface area contributed by atoms with E-state index in [1.807, 2.05) is 4.90 Å². The molecule has 1 saturated carbocycles. The lowest BCUT2D eigenvalue weighted by molar-refractivity contribution is -0.0399. The van der Waals surface area contributed by atoms with Gasteiger partial charge >= 0.3 is 6.03 Å². The molecule has 2 atom stereocenters. The summed E-state index contributed by atoms with van der Waals surface area (Å²) in [5, 5.41) is 6.34. The molecule has 1 aliphatic carbocycles. The van der Waals surface area contributed by atoms with Crippen LogP contribution in [0.25, 0.3) is 0 Å². The first-order valence-electron chi connectivity index (χ1n) is 7.72. The molecular formula is C14H23F2N3O. The molecule has 3 fully saturated rings. The van der Waals surface area contributed by atoms with Gasteiger partial charge in [-0.15, -0.1) is 0 Å². The normalized spacial score (nSPS) is 33.8. The van der Waals surface area contributed by atoms with Gasteiger partial charge in [-0.3, -0.25) is 0 Å². The van der Waals surface area contributed by atoms with Gasteiger partial charge in [0.05, 0.1) is 0 Å². The van der Waals surface area contributed by atoms with Crippen molar-refractivity contribution in [1.82, 2.24) is 15.5 Å². The number of alkyl halides is 2. The number of nitrogens with one attached hydrogen (secondary N) is 2. The molecule has 2 saturated heterocycles. The number of hydrogen-bond acceptors (Lipinski definition) is 2. The van der Waals surface area contributed by atoms with Crippen LogP contribution in [0.1, 0.15) is 44.9 Å². The molecule has 2 aliphatic heterocycles. The molecule has 3 aliphatic rings. The maximum atomic E-state index is 13.1. The summed E-state index contributed by atoms with van der Waals surface area (Å²) in [4.78, 5) is 14.4. The van der Waals surface area contributed by atoms with E-state index in [4.69, 9.17) is 0 Å². The third kappa shape index (κ3) is 2.90. The minimum atomic E-state index is -2.53. The van der Waals surface area contributed by atoms with Crippen molar-refractivity contribution in [2.75, 3.05) is 13.1 Å². The average Bonchev–Trinajstić information content (AvgIpc) is 2.65. The summed E-state index contributed by atoms with van der Waals surface area (Å²) in [6.07, 6.45) is 3.68. The predicted octanol–water partition coefficient (Wildman–Crippen LogP) is 2.10. The molecule has 0 aromatic heterocycles. The van der Waals surface area contributed by atoms with Crippen molar-refractivity contribution < 1.29 is 13.6 Å². The fourth-order valence-corrected chi connectivity index (χ4v) is 3.75. The van der Waals surface area contributed by atoms with E-state index in [2.05, 4.69) is 10.6 Å². The zero-order valence-corrected chi connectivity index (χ0v) is 11.7. The van der Waals surface area contributed by atoms with E-state index in [9.17, 15) is 13.6 Å². The molecule has 0 aromatic rings. The third-order valence-electron chi connectivity index (χ3n) is 4.93. The number of hydrogen-bond donors (Lipinski definition) is 2. The van der Waals surface area contributed by atoms with Gasteiger partial charge in [0, 0.05) is 37.5 Å². The summed E-state index contributed by atoms with van der Waals surface area (Å²) in [6.45, 7) is 1.81. The molecule has 3 rings (SSSR count). The standard InChI is InChI=1S/C14H23F2N3O/c15-14(16)6-3-10(4-7-14)18-13(20)19-11-1-2-12(19)9-17-8-5-11/h10-12,17H,1-9H2,(H,18,20).